The SMILES string of the molecule is CC1(C)c2c#cccc2-c2ccc(N(c3ccc4c(c3)C3=C5C=CCC3c3cccc-4c3-c3ccccc35)c3ccc4ccccc4c3)cc21. The van der Waals surface area contributed by atoms with Gasteiger partial charge in [0.05, 0.1) is 0 Å². The monoisotopic (exact) mass is 635 g/mol. The van der Waals surface area contributed by atoms with Crippen LogP contribution in [0.3, 0.4) is 0 Å². The second-order valence-electron chi connectivity index (χ2n) is 14.7. The average molecular weight is 636 g/mol. The minimum absolute atomic E-state index is 0.173. The fraction of sp³-hybridized carbons (Fsp3) is 0.102. The van der Waals surface area contributed by atoms with Crippen LogP contribution < -0.4 is 4.90 Å². The van der Waals surface area contributed by atoms with Crippen molar-refractivity contribution in [3.8, 4) is 33.4 Å². The van der Waals surface area contributed by atoms with Gasteiger partial charge in [-0.05, 0) is 133 Å². The van der Waals surface area contributed by atoms with E-state index in [1.165, 1.54) is 83.1 Å². The molecule has 1 nitrogen and oxygen atoms in total. The Bertz CT molecular complexity index is 2670. The van der Waals surface area contributed by atoms with E-state index in [9.17, 15) is 0 Å². The second-order valence-corrected chi connectivity index (χ2v) is 14.7. The van der Waals surface area contributed by atoms with Crippen molar-refractivity contribution in [1.29, 1.82) is 0 Å². The third-order valence-corrected chi connectivity index (χ3v) is 11.7. The number of fused-ring (bicyclic) bond motifs is 8. The van der Waals surface area contributed by atoms with Gasteiger partial charge in [0.2, 0.25) is 0 Å². The zero-order valence-electron chi connectivity index (χ0n) is 28.1. The van der Waals surface area contributed by atoms with Gasteiger partial charge in [-0.3, -0.25) is 0 Å². The topological polar surface area (TPSA) is 3.24 Å². The molecule has 7 aromatic rings. The van der Waals surface area contributed by atoms with Crippen LogP contribution in [0, 0.1) is 12.1 Å². The van der Waals surface area contributed by atoms with Crippen molar-refractivity contribution >= 4 is 39.0 Å². The molecule has 0 radical (unpaired) electrons. The van der Waals surface area contributed by atoms with Gasteiger partial charge >= 0.3 is 0 Å². The van der Waals surface area contributed by atoms with Crippen LogP contribution in [0.4, 0.5) is 17.1 Å². The number of benzene rings is 6. The summed E-state index contributed by atoms with van der Waals surface area (Å²) in [5.74, 6) is 0.315. The average Bonchev–Trinajstić information content (AvgIpc) is 3.32. The zero-order chi connectivity index (χ0) is 33.1. The molecule has 4 aliphatic rings. The first-order valence-electron chi connectivity index (χ1n) is 17.7. The molecule has 7 aromatic carbocycles. The lowest BCUT2D eigenvalue weighted by Crippen LogP contribution is -2.16. The highest BCUT2D eigenvalue weighted by atomic mass is 15.1. The number of hydrogen-bond acceptors (Lipinski definition) is 1. The molecule has 0 spiro atoms. The van der Waals surface area contributed by atoms with Crippen molar-refractivity contribution in [3.05, 3.63) is 186 Å². The summed E-state index contributed by atoms with van der Waals surface area (Å²) in [4.78, 5) is 2.47. The largest absolute Gasteiger partial charge is 0.310 e. The van der Waals surface area contributed by atoms with Crippen LogP contribution >= 0.6 is 0 Å². The van der Waals surface area contributed by atoms with Gasteiger partial charge in [-0.2, -0.15) is 0 Å². The van der Waals surface area contributed by atoms with Crippen LogP contribution in [0.15, 0.2) is 146 Å². The Labute approximate surface area is 293 Å². The maximum absolute atomic E-state index is 3.46. The molecule has 0 fully saturated rings. The molecule has 0 aliphatic heterocycles. The zero-order valence-corrected chi connectivity index (χ0v) is 28.1. The highest BCUT2D eigenvalue weighted by molar-refractivity contribution is 6.12. The van der Waals surface area contributed by atoms with Gasteiger partial charge in [-0.15, -0.1) is 0 Å². The lowest BCUT2D eigenvalue weighted by molar-refractivity contribution is 0.661. The van der Waals surface area contributed by atoms with Gasteiger partial charge < -0.3 is 4.90 Å². The van der Waals surface area contributed by atoms with E-state index in [-0.39, 0.29) is 5.41 Å². The third kappa shape index (κ3) is 3.69. The maximum Gasteiger partial charge on any atom is 0.0468 e. The summed E-state index contributed by atoms with van der Waals surface area (Å²) in [6.45, 7) is 4.64. The smallest absolute Gasteiger partial charge is 0.0468 e. The number of anilines is 3. The number of rotatable bonds is 3. The van der Waals surface area contributed by atoms with Crippen molar-refractivity contribution in [1.82, 2.24) is 0 Å². The summed E-state index contributed by atoms with van der Waals surface area (Å²) in [5.41, 5.74) is 20.7. The number of hydrogen-bond donors (Lipinski definition) is 0. The molecular formula is C49H33N. The molecule has 0 amide bonds. The Morgan fingerprint density at radius 2 is 1.34 bits per heavy atom. The first-order chi connectivity index (χ1) is 24.6. The minimum atomic E-state index is -0.173. The standard InChI is InChI=1S/C49H33N/c1-49(2)45-20-8-7-14-37(45)38-26-24-34(29-46(38)49)50(32-22-21-30-11-3-4-12-31(30)27-32)33-23-25-36-41-17-10-18-42-43-19-9-16-40(48(43)44(36)28-33)35-13-5-6-15-39(35)47(41)42/h3-7,9-18,21-29,43H,19H2,1-2H3. The third-order valence-electron chi connectivity index (χ3n) is 11.7. The van der Waals surface area contributed by atoms with Crippen LogP contribution in [0.2, 0.25) is 0 Å². The quantitative estimate of drug-likeness (QED) is 0.187. The Hall–Kier alpha value is -6.10. The van der Waals surface area contributed by atoms with Crippen LogP contribution in [-0.4, -0.2) is 0 Å². The summed E-state index contributed by atoms with van der Waals surface area (Å²) in [5, 5.41) is 2.48. The van der Waals surface area contributed by atoms with Crippen LogP contribution in [0.5, 0.6) is 0 Å². The molecule has 6 bridgehead atoms. The van der Waals surface area contributed by atoms with E-state index >= 15 is 0 Å². The van der Waals surface area contributed by atoms with Gasteiger partial charge in [-0.25, -0.2) is 0 Å². The van der Waals surface area contributed by atoms with Crippen LogP contribution in [-0.2, 0) is 5.41 Å². The van der Waals surface area contributed by atoms with E-state index in [1.54, 1.807) is 0 Å². The maximum atomic E-state index is 3.46. The summed E-state index contributed by atoms with van der Waals surface area (Å²) in [6, 6.07) is 56.7. The molecule has 11 rings (SSSR count). The van der Waals surface area contributed by atoms with E-state index in [4.69, 9.17) is 0 Å². The first kappa shape index (κ1) is 27.8. The highest BCUT2D eigenvalue weighted by Gasteiger charge is 2.38. The van der Waals surface area contributed by atoms with E-state index in [0.29, 0.717) is 5.92 Å². The molecule has 1 unspecified atom stereocenters. The lowest BCUT2D eigenvalue weighted by atomic mass is 9.78. The number of nitrogens with zero attached hydrogens (tertiary/aromatic N) is 1. The molecule has 0 N–H and O–H groups in total. The van der Waals surface area contributed by atoms with Crippen molar-refractivity contribution in [2.45, 2.75) is 31.6 Å². The molecular weight excluding hydrogens is 603 g/mol. The van der Waals surface area contributed by atoms with Gasteiger partial charge in [0.1, 0.15) is 0 Å². The molecule has 4 aliphatic carbocycles. The fourth-order valence-electron chi connectivity index (χ4n) is 9.45. The first-order valence-corrected chi connectivity index (χ1v) is 17.7. The van der Waals surface area contributed by atoms with Gasteiger partial charge in [0, 0.05) is 34.0 Å². The summed E-state index contributed by atoms with van der Waals surface area (Å²) in [7, 11) is 0. The Kier molecular flexibility index (Phi) is 5.55. The molecule has 0 heterocycles. The van der Waals surface area contributed by atoms with Crippen molar-refractivity contribution in [2.75, 3.05) is 4.90 Å². The van der Waals surface area contributed by atoms with E-state index in [2.05, 4.69) is 170 Å². The summed E-state index contributed by atoms with van der Waals surface area (Å²) >= 11 is 0. The Morgan fingerprint density at radius 3 is 2.24 bits per heavy atom. The highest BCUT2D eigenvalue weighted by Crippen LogP contribution is 2.58. The van der Waals surface area contributed by atoms with E-state index < -0.39 is 0 Å². The van der Waals surface area contributed by atoms with Crippen LogP contribution in [0.25, 0.3) is 55.3 Å². The normalized spacial score (nSPS) is 16.6. The summed E-state index contributed by atoms with van der Waals surface area (Å²) in [6.07, 6.45) is 5.78. The second kappa shape index (κ2) is 9.97. The van der Waals surface area contributed by atoms with Gasteiger partial charge in [0.25, 0.3) is 0 Å². The van der Waals surface area contributed by atoms with Crippen molar-refractivity contribution in [3.63, 3.8) is 0 Å². The Balaban J connectivity index is 1.17. The Morgan fingerprint density at radius 1 is 0.600 bits per heavy atom. The predicted molar refractivity (Wildman–Crippen MR) is 208 cm³/mol. The number of allylic oxidation sites excluding steroid dienone is 4. The molecule has 1 atom stereocenters. The summed E-state index contributed by atoms with van der Waals surface area (Å²) < 4.78 is 0. The molecule has 0 saturated heterocycles. The van der Waals surface area contributed by atoms with E-state index in [0.717, 1.165) is 23.5 Å². The van der Waals surface area contributed by atoms with E-state index in [1.807, 2.05) is 6.07 Å². The fourth-order valence-corrected chi connectivity index (χ4v) is 9.45. The molecule has 234 valence electrons. The van der Waals surface area contributed by atoms with Crippen molar-refractivity contribution < 1.29 is 0 Å². The lowest BCUT2D eigenvalue weighted by Gasteiger charge is -2.30. The molecule has 0 aromatic heterocycles. The molecule has 0 saturated carbocycles. The molecule has 50 heavy (non-hydrogen) atoms. The van der Waals surface area contributed by atoms with Crippen LogP contribution in [0.1, 0.15) is 54.0 Å². The predicted octanol–water partition coefficient (Wildman–Crippen LogP) is 12.8. The molecule has 1 heteroatoms. The van der Waals surface area contributed by atoms with Crippen molar-refractivity contribution in [2.24, 2.45) is 0 Å². The minimum Gasteiger partial charge on any atom is -0.310 e. The van der Waals surface area contributed by atoms with Gasteiger partial charge in [0.15, 0.2) is 0 Å². The van der Waals surface area contributed by atoms with Gasteiger partial charge in [-0.1, -0.05) is 123 Å².